The third kappa shape index (κ3) is 6.04. The summed E-state index contributed by atoms with van der Waals surface area (Å²) in [6.45, 7) is 11.0. The van der Waals surface area contributed by atoms with Crippen LogP contribution in [0.5, 0.6) is 0 Å². The van der Waals surface area contributed by atoms with E-state index in [0.29, 0.717) is 35.9 Å². The lowest BCUT2D eigenvalue weighted by atomic mass is 9.44. The molecule has 0 spiro atoms. The highest BCUT2D eigenvalue weighted by atomic mass is 35.5. The number of carbonyl (C=O) groups excluding carboxylic acids is 2. The second-order valence-corrected chi connectivity index (χ2v) is 17.2. The van der Waals surface area contributed by atoms with E-state index in [2.05, 4.69) is 39.9 Å². The number of thiophene rings is 1. The SMILES string of the molecule is CC(C)[C@@H](NC(=O)C[C@@H](C)[C@H]1CC[C@H]2[C@@H]3[C@H](OS(=O)(=O)O)C[C@@H]4CC(=O)CC[C@]4(C)[C@H]3CC[C@]12C)c1ccc(Cl)s1. The largest absolute Gasteiger partial charge is 0.397 e. The van der Waals surface area contributed by atoms with Crippen LogP contribution in [0.25, 0.3) is 0 Å². The molecule has 10 heteroatoms. The highest BCUT2D eigenvalue weighted by Gasteiger charge is 2.64. The topological polar surface area (TPSA) is 110 Å². The van der Waals surface area contributed by atoms with Gasteiger partial charge in [-0.15, -0.1) is 11.3 Å². The van der Waals surface area contributed by atoms with Gasteiger partial charge in [0.15, 0.2) is 0 Å². The minimum atomic E-state index is -4.63. The van der Waals surface area contributed by atoms with Crippen molar-refractivity contribution in [2.45, 2.75) is 105 Å². The van der Waals surface area contributed by atoms with Crippen LogP contribution in [0, 0.1) is 52.3 Å². The standard InChI is InChI=1S/C31H46ClNO6S2/c1-17(2)29(25-8-9-26(32)40-25)33-27(35)14-18(3)21-6-7-22-28-23(11-13-31(21,22)5)30(4)12-10-20(34)15-19(30)16-24(28)39-41(36,37)38/h8-9,17-19,21-24,28-29H,6-7,10-16H2,1-5H3,(H,33,35)(H,36,37,38)/t18-,19+,21-,22+,23+,24-,28+,29-,30+,31-/m1/s1. The molecule has 0 aliphatic heterocycles. The van der Waals surface area contributed by atoms with Crippen molar-refractivity contribution in [2.75, 3.05) is 0 Å². The third-order valence-corrected chi connectivity index (χ3v) is 13.7. The van der Waals surface area contributed by atoms with Crippen molar-refractivity contribution in [3.05, 3.63) is 21.3 Å². The maximum Gasteiger partial charge on any atom is 0.397 e. The van der Waals surface area contributed by atoms with Gasteiger partial charge in [0.05, 0.1) is 16.5 Å². The maximum atomic E-state index is 13.4. The molecule has 1 amide bonds. The Bertz CT molecular complexity index is 1260. The molecule has 1 aromatic rings. The predicted octanol–water partition coefficient (Wildman–Crippen LogP) is 7.27. The molecule has 5 rings (SSSR count). The van der Waals surface area contributed by atoms with Crippen LogP contribution in [-0.4, -0.2) is 30.8 Å². The molecule has 1 aromatic heterocycles. The number of ketones is 1. The van der Waals surface area contributed by atoms with Gasteiger partial charge in [-0.2, -0.15) is 8.42 Å². The molecule has 230 valence electrons. The first-order chi connectivity index (χ1) is 19.1. The van der Waals surface area contributed by atoms with Gasteiger partial charge >= 0.3 is 10.4 Å². The molecule has 4 fully saturated rings. The van der Waals surface area contributed by atoms with Crippen molar-refractivity contribution in [1.82, 2.24) is 5.32 Å². The Balaban J connectivity index is 1.34. The van der Waals surface area contributed by atoms with Crippen LogP contribution in [0.3, 0.4) is 0 Å². The third-order valence-electron chi connectivity index (χ3n) is 11.9. The molecule has 0 bridgehead atoms. The molecular formula is C31H46ClNO6S2. The fraction of sp³-hybridized carbons (Fsp3) is 0.806. The van der Waals surface area contributed by atoms with Gasteiger partial charge in [-0.1, -0.05) is 46.2 Å². The van der Waals surface area contributed by atoms with Crippen LogP contribution in [-0.2, 0) is 24.2 Å². The maximum absolute atomic E-state index is 13.4. The summed E-state index contributed by atoms with van der Waals surface area (Å²) in [4.78, 5) is 26.8. The van der Waals surface area contributed by atoms with E-state index >= 15 is 0 Å². The van der Waals surface area contributed by atoms with Crippen LogP contribution < -0.4 is 5.32 Å². The lowest BCUT2D eigenvalue weighted by molar-refractivity contribution is -0.164. The second-order valence-electron chi connectivity index (χ2n) is 14.4. The van der Waals surface area contributed by atoms with Crippen molar-refractivity contribution >= 4 is 45.0 Å². The van der Waals surface area contributed by atoms with Gasteiger partial charge in [-0.25, -0.2) is 4.18 Å². The van der Waals surface area contributed by atoms with Gasteiger partial charge < -0.3 is 5.32 Å². The molecule has 0 radical (unpaired) electrons. The summed E-state index contributed by atoms with van der Waals surface area (Å²) in [6, 6.07) is 3.79. The highest BCUT2D eigenvalue weighted by molar-refractivity contribution is 7.80. The van der Waals surface area contributed by atoms with E-state index in [1.807, 2.05) is 12.1 Å². The average Bonchev–Trinajstić information content (AvgIpc) is 3.45. The van der Waals surface area contributed by atoms with Crippen molar-refractivity contribution < 1.29 is 26.7 Å². The van der Waals surface area contributed by atoms with Crippen LogP contribution in [0.4, 0.5) is 0 Å². The summed E-state index contributed by atoms with van der Waals surface area (Å²) in [6.07, 6.45) is 6.13. The molecule has 41 heavy (non-hydrogen) atoms. The Morgan fingerprint density at radius 2 is 1.85 bits per heavy atom. The van der Waals surface area contributed by atoms with Crippen LogP contribution >= 0.6 is 22.9 Å². The van der Waals surface area contributed by atoms with Gasteiger partial charge in [0, 0.05) is 24.1 Å². The number of hydrogen-bond donors (Lipinski definition) is 2. The fourth-order valence-electron chi connectivity index (χ4n) is 9.95. The van der Waals surface area contributed by atoms with E-state index in [-0.39, 0.29) is 64.1 Å². The zero-order chi connectivity index (χ0) is 29.9. The highest BCUT2D eigenvalue weighted by Crippen LogP contribution is 2.68. The summed E-state index contributed by atoms with van der Waals surface area (Å²) in [5.41, 5.74) is -0.0762. The Morgan fingerprint density at radius 1 is 1.15 bits per heavy atom. The van der Waals surface area contributed by atoms with Gasteiger partial charge in [-0.3, -0.25) is 14.1 Å². The van der Waals surface area contributed by atoms with Gasteiger partial charge in [0.2, 0.25) is 5.91 Å². The number of halogens is 1. The molecule has 2 N–H and O–H groups in total. The summed E-state index contributed by atoms with van der Waals surface area (Å²) in [5, 5.41) is 3.27. The van der Waals surface area contributed by atoms with Crippen LogP contribution in [0.15, 0.2) is 12.1 Å². The number of nitrogens with one attached hydrogen (secondary N) is 1. The van der Waals surface area contributed by atoms with Crippen LogP contribution in [0.2, 0.25) is 4.34 Å². The summed E-state index contributed by atoms with van der Waals surface area (Å²) in [7, 11) is -4.63. The van der Waals surface area contributed by atoms with Crippen molar-refractivity contribution in [3.8, 4) is 0 Å². The lowest BCUT2D eigenvalue weighted by Gasteiger charge is -2.62. The van der Waals surface area contributed by atoms with Crippen molar-refractivity contribution in [2.24, 2.45) is 52.3 Å². The second kappa shape index (κ2) is 11.5. The smallest absolute Gasteiger partial charge is 0.348 e. The molecule has 10 atom stereocenters. The normalized spacial score (nSPS) is 38.6. The molecule has 7 nitrogen and oxygen atoms in total. The zero-order valence-corrected chi connectivity index (χ0v) is 27.3. The van der Waals surface area contributed by atoms with E-state index in [1.54, 1.807) is 0 Å². The molecule has 0 saturated heterocycles. The zero-order valence-electron chi connectivity index (χ0n) is 24.9. The Kier molecular flexibility index (Phi) is 8.81. The summed E-state index contributed by atoms with van der Waals surface area (Å²) in [5.74, 6) is 1.61. The van der Waals surface area contributed by atoms with E-state index < -0.39 is 16.5 Å². The summed E-state index contributed by atoms with van der Waals surface area (Å²) < 4.78 is 39.9. The number of amides is 1. The minimum absolute atomic E-state index is 0.00468. The Hall–Kier alpha value is -1.000. The average molecular weight is 628 g/mol. The lowest BCUT2D eigenvalue weighted by Crippen LogP contribution is -2.59. The molecule has 4 saturated carbocycles. The van der Waals surface area contributed by atoms with E-state index in [1.165, 1.54) is 11.3 Å². The summed E-state index contributed by atoms with van der Waals surface area (Å²) >= 11 is 7.68. The van der Waals surface area contributed by atoms with Crippen LogP contribution in [0.1, 0.15) is 103 Å². The molecule has 4 aliphatic carbocycles. The monoisotopic (exact) mass is 627 g/mol. The van der Waals surface area contributed by atoms with Gasteiger partial charge in [0.25, 0.3) is 0 Å². The quantitative estimate of drug-likeness (QED) is 0.293. The van der Waals surface area contributed by atoms with E-state index in [9.17, 15) is 22.6 Å². The van der Waals surface area contributed by atoms with E-state index in [0.717, 1.165) is 37.0 Å². The molecule has 0 aromatic carbocycles. The number of fused-ring (bicyclic) bond motifs is 5. The Morgan fingerprint density at radius 3 is 2.49 bits per heavy atom. The molecule has 4 aliphatic rings. The van der Waals surface area contributed by atoms with E-state index in [4.69, 9.17) is 15.8 Å². The molecular weight excluding hydrogens is 582 g/mol. The first kappa shape index (κ1) is 31.4. The first-order valence-electron chi connectivity index (χ1n) is 15.3. The Labute approximate surface area is 254 Å². The number of rotatable bonds is 8. The number of carbonyl (C=O) groups is 2. The predicted molar refractivity (Wildman–Crippen MR) is 161 cm³/mol. The van der Waals surface area contributed by atoms with Crippen molar-refractivity contribution in [3.63, 3.8) is 0 Å². The van der Waals surface area contributed by atoms with Gasteiger partial charge in [0.1, 0.15) is 5.78 Å². The van der Waals surface area contributed by atoms with Gasteiger partial charge in [-0.05, 0) is 103 Å². The fourth-order valence-corrected chi connectivity index (χ4v) is 11.8. The minimum Gasteiger partial charge on any atom is -0.348 e. The number of Topliss-reactive ketones (excluding diaryl/α,β-unsaturated/α-hetero) is 1. The molecule has 0 unspecified atom stereocenters. The number of hydrogen-bond acceptors (Lipinski definition) is 6. The molecule has 1 heterocycles. The van der Waals surface area contributed by atoms with Crippen molar-refractivity contribution in [1.29, 1.82) is 0 Å². The first-order valence-corrected chi connectivity index (χ1v) is 17.9.